The van der Waals surface area contributed by atoms with E-state index in [0.717, 1.165) is 41.4 Å². The third-order valence-corrected chi connectivity index (χ3v) is 7.63. The van der Waals surface area contributed by atoms with Crippen LogP contribution in [-0.2, 0) is 11.2 Å². The van der Waals surface area contributed by atoms with Crippen molar-refractivity contribution < 1.29 is 19.1 Å². The maximum atomic E-state index is 13.6. The first-order valence-electron chi connectivity index (χ1n) is 14.5. The molecule has 1 saturated heterocycles. The Labute approximate surface area is 252 Å². The van der Waals surface area contributed by atoms with Crippen LogP contribution in [0.2, 0.25) is 0 Å². The highest BCUT2D eigenvalue weighted by Crippen LogP contribution is 2.23. The molecule has 1 aromatic heterocycles. The van der Waals surface area contributed by atoms with Gasteiger partial charge in [0.1, 0.15) is 18.0 Å². The summed E-state index contributed by atoms with van der Waals surface area (Å²) in [5.74, 6) is 1.90. The van der Waals surface area contributed by atoms with Crippen LogP contribution in [0.3, 0.4) is 0 Å². The molecule has 222 valence electrons. The molecular formula is C34H37N5O4. The number of benzene rings is 3. The Morgan fingerprint density at radius 3 is 2.30 bits per heavy atom. The topological polar surface area (TPSA) is 88.1 Å². The number of aromatic nitrogens is 2. The van der Waals surface area contributed by atoms with Gasteiger partial charge in [0.05, 0.1) is 19.9 Å². The zero-order chi connectivity index (χ0) is 30.0. The van der Waals surface area contributed by atoms with Crippen molar-refractivity contribution in [1.82, 2.24) is 20.0 Å². The average molecular weight is 580 g/mol. The second-order valence-corrected chi connectivity index (χ2v) is 10.4. The van der Waals surface area contributed by atoms with Gasteiger partial charge in [-0.1, -0.05) is 48.5 Å². The summed E-state index contributed by atoms with van der Waals surface area (Å²) in [5.41, 5.74) is 3.32. The van der Waals surface area contributed by atoms with Crippen LogP contribution >= 0.6 is 0 Å². The van der Waals surface area contributed by atoms with Gasteiger partial charge in [-0.3, -0.25) is 9.59 Å². The van der Waals surface area contributed by atoms with Gasteiger partial charge >= 0.3 is 0 Å². The number of nitrogens with zero attached hydrogens (tertiary/aromatic N) is 5. The van der Waals surface area contributed by atoms with Crippen molar-refractivity contribution in [3.05, 3.63) is 102 Å². The average Bonchev–Trinajstić information content (AvgIpc) is 3.33. The largest absolute Gasteiger partial charge is 0.497 e. The summed E-state index contributed by atoms with van der Waals surface area (Å²) in [6.45, 7) is 2.99. The molecule has 1 aliphatic rings. The molecule has 2 heterocycles. The number of ether oxygens (including phenoxy) is 2. The van der Waals surface area contributed by atoms with Crippen LogP contribution in [0.4, 0.5) is 5.82 Å². The van der Waals surface area contributed by atoms with Gasteiger partial charge < -0.3 is 24.2 Å². The third kappa shape index (κ3) is 7.68. The number of rotatable bonds is 10. The van der Waals surface area contributed by atoms with Crippen LogP contribution < -0.4 is 14.4 Å². The normalized spacial score (nSPS) is 13.3. The minimum absolute atomic E-state index is 0.0118. The Kier molecular flexibility index (Phi) is 9.84. The molecule has 0 radical (unpaired) electrons. The van der Waals surface area contributed by atoms with E-state index in [4.69, 9.17) is 9.47 Å². The zero-order valence-electron chi connectivity index (χ0n) is 24.7. The Morgan fingerprint density at radius 1 is 0.791 bits per heavy atom. The number of carbonyl (C=O) groups is 2. The number of hydrogen-bond acceptors (Lipinski definition) is 7. The summed E-state index contributed by atoms with van der Waals surface area (Å²) in [6, 6.07) is 28.7. The molecular weight excluding hydrogens is 542 g/mol. The molecule has 0 bridgehead atoms. The first kappa shape index (κ1) is 29.6. The van der Waals surface area contributed by atoms with Crippen LogP contribution in [0.25, 0.3) is 11.3 Å². The van der Waals surface area contributed by atoms with Gasteiger partial charge in [-0.25, -0.2) is 0 Å². The monoisotopic (exact) mass is 579 g/mol. The molecule has 0 aliphatic carbocycles. The molecule has 2 amide bonds. The summed E-state index contributed by atoms with van der Waals surface area (Å²) in [6.07, 6.45) is 1.45. The van der Waals surface area contributed by atoms with Crippen molar-refractivity contribution in [1.29, 1.82) is 0 Å². The zero-order valence-corrected chi connectivity index (χ0v) is 24.7. The van der Waals surface area contributed by atoms with Crippen molar-refractivity contribution in [2.45, 2.75) is 12.8 Å². The van der Waals surface area contributed by atoms with E-state index >= 15 is 0 Å². The summed E-state index contributed by atoms with van der Waals surface area (Å²) < 4.78 is 10.6. The minimum atomic E-state index is -0.189. The van der Waals surface area contributed by atoms with E-state index in [0.29, 0.717) is 43.9 Å². The fraction of sp³-hybridized carbons (Fsp3) is 0.294. The third-order valence-electron chi connectivity index (χ3n) is 7.63. The summed E-state index contributed by atoms with van der Waals surface area (Å²) in [5, 5.41) is 8.94. The molecule has 1 fully saturated rings. The van der Waals surface area contributed by atoms with Crippen molar-refractivity contribution in [3.63, 3.8) is 0 Å². The molecule has 4 aromatic rings. The lowest BCUT2D eigenvalue weighted by molar-refractivity contribution is -0.131. The van der Waals surface area contributed by atoms with Crippen molar-refractivity contribution in [3.8, 4) is 22.8 Å². The van der Waals surface area contributed by atoms with Crippen LogP contribution in [0.15, 0.2) is 91.0 Å². The Hall–Kier alpha value is -4.92. The summed E-state index contributed by atoms with van der Waals surface area (Å²) in [4.78, 5) is 32.8. The number of anilines is 1. The highest BCUT2D eigenvalue weighted by molar-refractivity contribution is 5.97. The summed E-state index contributed by atoms with van der Waals surface area (Å²) >= 11 is 0. The molecule has 5 rings (SSSR count). The van der Waals surface area contributed by atoms with Gasteiger partial charge in [0.25, 0.3) is 5.91 Å². The second kappa shape index (κ2) is 14.3. The predicted molar refractivity (Wildman–Crippen MR) is 166 cm³/mol. The van der Waals surface area contributed by atoms with Gasteiger partial charge in [0.15, 0.2) is 5.82 Å². The van der Waals surface area contributed by atoms with E-state index in [1.807, 2.05) is 71.6 Å². The first-order valence-corrected chi connectivity index (χ1v) is 14.5. The molecule has 9 heteroatoms. The van der Waals surface area contributed by atoms with Crippen LogP contribution in [0.1, 0.15) is 22.3 Å². The molecule has 0 spiro atoms. The van der Waals surface area contributed by atoms with Crippen molar-refractivity contribution >= 4 is 17.6 Å². The fourth-order valence-corrected chi connectivity index (χ4v) is 5.19. The molecule has 43 heavy (non-hydrogen) atoms. The quantitative estimate of drug-likeness (QED) is 0.272. The molecule has 0 saturated carbocycles. The van der Waals surface area contributed by atoms with Crippen LogP contribution in [-0.4, -0.2) is 85.3 Å². The van der Waals surface area contributed by atoms with E-state index in [1.54, 1.807) is 43.4 Å². The molecule has 0 unspecified atom stereocenters. The summed E-state index contributed by atoms with van der Waals surface area (Å²) in [7, 11) is 3.21. The van der Waals surface area contributed by atoms with E-state index in [2.05, 4.69) is 15.1 Å². The van der Waals surface area contributed by atoms with Gasteiger partial charge in [-0.2, -0.15) is 0 Å². The molecule has 0 atom stereocenters. The molecule has 3 aromatic carbocycles. The molecule has 9 nitrogen and oxygen atoms in total. The van der Waals surface area contributed by atoms with E-state index < -0.39 is 0 Å². The highest BCUT2D eigenvalue weighted by Gasteiger charge is 2.25. The first-order chi connectivity index (χ1) is 21.0. The molecule has 1 aliphatic heterocycles. The molecule has 0 N–H and O–H groups in total. The van der Waals surface area contributed by atoms with Crippen LogP contribution in [0.5, 0.6) is 11.5 Å². The lowest BCUT2D eigenvalue weighted by atomic mass is 10.1. The van der Waals surface area contributed by atoms with E-state index in [1.165, 1.54) is 0 Å². The second-order valence-electron chi connectivity index (χ2n) is 10.4. The van der Waals surface area contributed by atoms with Gasteiger partial charge in [0.2, 0.25) is 5.91 Å². The number of amides is 2. The van der Waals surface area contributed by atoms with Crippen molar-refractivity contribution in [2.24, 2.45) is 0 Å². The fourth-order valence-electron chi connectivity index (χ4n) is 5.19. The number of hydrogen-bond donors (Lipinski definition) is 0. The van der Waals surface area contributed by atoms with E-state index in [-0.39, 0.29) is 18.4 Å². The maximum Gasteiger partial charge on any atom is 0.254 e. The smallest absolute Gasteiger partial charge is 0.254 e. The highest BCUT2D eigenvalue weighted by atomic mass is 16.5. The predicted octanol–water partition coefficient (Wildman–Crippen LogP) is 4.58. The van der Waals surface area contributed by atoms with Gasteiger partial charge in [0, 0.05) is 43.9 Å². The SMILES string of the molecule is COc1cccc(C(=O)N(CCc2ccccc2)CC(=O)N2CCCN(c3ccc(-c4cccc(OC)c4)nn3)CC2)c1. The lowest BCUT2D eigenvalue weighted by Crippen LogP contribution is -2.45. The maximum absolute atomic E-state index is 13.6. The van der Waals surface area contributed by atoms with Crippen molar-refractivity contribution in [2.75, 3.05) is 58.4 Å². The van der Waals surface area contributed by atoms with Gasteiger partial charge in [-0.15, -0.1) is 10.2 Å². The Morgan fingerprint density at radius 2 is 1.56 bits per heavy atom. The number of methoxy groups -OCH3 is 2. The Balaban J connectivity index is 1.24. The minimum Gasteiger partial charge on any atom is -0.497 e. The number of carbonyl (C=O) groups excluding carboxylic acids is 2. The van der Waals surface area contributed by atoms with E-state index in [9.17, 15) is 9.59 Å². The standard InChI is InChI=1S/C34H37N5O4/c1-42-29-13-6-11-27(23-29)31-15-16-32(36-35-31)37-18-8-19-38(22-21-37)33(40)25-39(20-17-26-9-4-3-5-10-26)34(41)28-12-7-14-30(24-28)43-2/h3-7,9-16,23-24H,8,17-22,25H2,1-2H3. The van der Waals surface area contributed by atoms with Crippen LogP contribution in [0, 0.1) is 0 Å². The Bertz CT molecular complexity index is 1510. The lowest BCUT2D eigenvalue weighted by Gasteiger charge is -2.27. The van der Waals surface area contributed by atoms with Gasteiger partial charge in [-0.05, 0) is 60.9 Å².